The van der Waals surface area contributed by atoms with Gasteiger partial charge in [0, 0.05) is 5.69 Å². The van der Waals surface area contributed by atoms with Crippen molar-refractivity contribution in [2.24, 2.45) is 0 Å². The van der Waals surface area contributed by atoms with Gasteiger partial charge in [0.25, 0.3) is 0 Å². The number of pyridine rings is 1. The van der Waals surface area contributed by atoms with Crippen LogP contribution in [0.1, 0.15) is 54.4 Å². The SMILES string of the molecule is CCCCOC(=O)c1ccc2c(n1)CCCC2. The van der Waals surface area contributed by atoms with Gasteiger partial charge in [0.1, 0.15) is 5.69 Å². The minimum Gasteiger partial charge on any atom is -0.461 e. The van der Waals surface area contributed by atoms with E-state index in [0.717, 1.165) is 31.4 Å². The predicted molar refractivity (Wildman–Crippen MR) is 66.1 cm³/mol. The van der Waals surface area contributed by atoms with E-state index in [1.165, 1.54) is 18.4 Å². The van der Waals surface area contributed by atoms with Gasteiger partial charge in [-0.1, -0.05) is 19.4 Å². The summed E-state index contributed by atoms with van der Waals surface area (Å²) in [6.07, 6.45) is 6.43. The Kier molecular flexibility index (Phi) is 4.13. The fourth-order valence-electron chi connectivity index (χ4n) is 2.08. The Balaban J connectivity index is 2.03. The highest BCUT2D eigenvalue weighted by Crippen LogP contribution is 2.19. The molecule has 0 saturated carbocycles. The van der Waals surface area contributed by atoms with E-state index in [2.05, 4.69) is 11.9 Å². The molecule has 0 radical (unpaired) electrons. The summed E-state index contributed by atoms with van der Waals surface area (Å²) in [5.74, 6) is -0.285. The van der Waals surface area contributed by atoms with Crippen molar-refractivity contribution < 1.29 is 9.53 Å². The minimum atomic E-state index is -0.285. The first-order valence-corrected chi connectivity index (χ1v) is 6.47. The number of esters is 1. The molecular formula is C14H19NO2. The topological polar surface area (TPSA) is 39.2 Å². The van der Waals surface area contributed by atoms with Crippen molar-refractivity contribution in [1.82, 2.24) is 4.98 Å². The molecule has 0 spiro atoms. The second kappa shape index (κ2) is 5.80. The minimum absolute atomic E-state index is 0.285. The first kappa shape index (κ1) is 12.1. The number of ether oxygens (including phenoxy) is 1. The predicted octanol–water partition coefficient (Wildman–Crippen LogP) is 2.92. The molecule has 0 fully saturated rings. The molecule has 0 aromatic carbocycles. The third-order valence-electron chi connectivity index (χ3n) is 3.12. The molecule has 0 N–H and O–H groups in total. The maximum Gasteiger partial charge on any atom is 0.356 e. The normalized spacial score (nSPS) is 14.2. The molecule has 0 unspecified atom stereocenters. The third kappa shape index (κ3) is 3.05. The van der Waals surface area contributed by atoms with E-state index in [4.69, 9.17) is 4.74 Å². The molecule has 1 heterocycles. The second-order valence-electron chi connectivity index (χ2n) is 4.50. The molecule has 0 aliphatic heterocycles. The molecule has 17 heavy (non-hydrogen) atoms. The summed E-state index contributed by atoms with van der Waals surface area (Å²) >= 11 is 0. The molecule has 0 bridgehead atoms. The highest BCUT2D eigenvalue weighted by molar-refractivity contribution is 5.87. The number of unbranched alkanes of at least 4 members (excludes halogenated alkanes) is 1. The lowest BCUT2D eigenvalue weighted by Crippen LogP contribution is -2.12. The highest BCUT2D eigenvalue weighted by Gasteiger charge is 2.14. The van der Waals surface area contributed by atoms with Crippen molar-refractivity contribution in [2.75, 3.05) is 6.61 Å². The van der Waals surface area contributed by atoms with Crippen molar-refractivity contribution in [3.05, 3.63) is 29.1 Å². The molecule has 0 amide bonds. The number of nitrogens with zero attached hydrogens (tertiary/aromatic N) is 1. The number of aryl methyl sites for hydroxylation is 2. The lowest BCUT2D eigenvalue weighted by atomic mass is 9.96. The quantitative estimate of drug-likeness (QED) is 0.593. The summed E-state index contributed by atoms with van der Waals surface area (Å²) in [4.78, 5) is 16.1. The van der Waals surface area contributed by atoms with Gasteiger partial charge >= 0.3 is 5.97 Å². The number of carbonyl (C=O) groups is 1. The molecular weight excluding hydrogens is 214 g/mol. The number of hydrogen-bond donors (Lipinski definition) is 0. The largest absolute Gasteiger partial charge is 0.461 e. The highest BCUT2D eigenvalue weighted by atomic mass is 16.5. The Hall–Kier alpha value is -1.38. The number of hydrogen-bond acceptors (Lipinski definition) is 3. The van der Waals surface area contributed by atoms with Gasteiger partial charge in [-0.3, -0.25) is 0 Å². The maximum atomic E-state index is 11.7. The zero-order valence-corrected chi connectivity index (χ0v) is 10.4. The smallest absolute Gasteiger partial charge is 0.356 e. The van der Waals surface area contributed by atoms with Gasteiger partial charge in [0.05, 0.1) is 6.61 Å². The zero-order chi connectivity index (χ0) is 12.1. The van der Waals surface area contributed by atoms with Gasteiger partial charge in [-0.15, -0.1) is 0 Å². The van der Waals surface area contributed by atoms with Crippen molar-refractivity contribution in [3.63, 3.8) is 0 Å². The summed E-state index contributed by atoms with van der Waals surface area (Å²) in [6.45, 7) is 2.57. The molecule has 2 rings (SSSR count). The van der Waals surface area contributed by atoms with E-state index in [1.807, 2.05) is 6.07 Å². The molecule has 1 aromatic heterocycles. The number of aromatic nitrogens is 1. The van der Waals surface area contributed by atoms with Crippen LogP contribution in [0.3, 0.4) is 0 Å². The van der Waals surface area contributed by atoms with Crippen LogP contribution in [0.5, 0.6) is 0 Å². The van der Waals surface area contributed by atoms with Crippen LogP contribution in [0.15, 0.2) is 12.1 Å². The van der Waals surface area contributed by atoms with Gasteiger partial charge in [-0.25, -0.2) is 9.78 Å². The number of rotatable bonds is 4. The Bertz CT molecular complexity index is 401. The van der Waals surface area contributed by atoms with Crippen LogP contribution in [0.2, 0.25) is 0 Å². The summed E-state index contributed by atoms with van der Waals surface area (Å²) in [7, 11) is 0. The average Bonchev–Trinajstić information content (AvgIpc) is 2.38. The maximum absolute atomic E-state index is 11.7. The van der Waals surface area contributed by atoms with E-state index in [1.54, 1.807) is 6.07 Å². The second-order valence-corrected chi connectivity index (χ2v) is 4.50. The van der Waals surface area contributed by atoms with Crippen LogP contribution in [-0.4, -0.2) is 17.6 Å². The van der Waals surface area contributed by atoms with Gasteiger partial charge in [0.2, 0.25) is 0 Å². The van der Waals surface area contributed by atoms with Crippen LogP contribution >= 0.6 is 0 Å². The molecule has 0 atom stereocenters. The molecule has 1 aromatic rings. The fraction of sp³-hybridized carbons (Fsp3) is 0.571. The van der Waals surface area contributed by atoms with E-state index in [-0.39, 0.29) is 5.97 Å². The Morgan fingerprint density at radius 1 is 1.35 bits per heavy atom. The van der Waals surface area contributed by atoms with E-state index < -0.39 is 0 Å². The van der Waals surface area contributed by atoms with E-state index >= 15 is 0 Å². The van der Waals surface area contributed by atoms with E-state index in [0.29, 0.717) is 12.3 Å². The molecule has 1 aliphatic carbocycles. The number of fused-ring (bicyclic) bond motifs is 1. The standard InChI is InChI=1S/C14H19NO2/c1-2-3-10-17-14(16)13-9-8-11-6-4-5-7-12(11)15-13/h8-9H,2-7,10H2,1H3. The third-order valence-corrected chi connectivity index (χ3v) is 3.12. The Labute approximate surface area is 102 Å². The monoisotopic (exact) mass is 233 g/mol. The van der Waals surface area contributed by atoms with Crippen LogP contribution in [0.4, 0.5) is 0 Å². The van der Waals surface area contributed by atoms with Crippen LogP contribution in [0.25, 0.3) is 0 Å². The lowest BCUT2D eigenvalue weighted by molar-refractivity contribution is 0.0492. The molecule has 1 aliphatic rings. The fourth-order valence-corrected chi connectivity index (χ4v) is 2.08. The Morgan fingerprint density at radius 3 is 3.00 bits per heavy atom. The van der Waals surface area contributed by atoms with Crippen LogP contribution < -0.4 is 0 Å². The summed E-state index contributed by atoms with van der Waals surface area (Å²) in [6, 6.07) is 3.82. The van der Waals surface area contributed by atoms with Crippen LogP contribution in [-0.2, 0) is 17.6 Å². The van der Waals surface area contributed by atoms with Gasteiger partial charge < -0.3 is 4.74 Å². The van der Waals surface area contributed by atoms with Crippen molar-refractivity contribution in [2.45, 2.75) is 45.4 Å². The first-order chi connectivity index (χ1) is 8.31. The van der Waals surface area contributed by atoms with Crippen LogP contribution in [0, 0.1) is 0 Å². The lowest BCUT2D eigenvalue weighted by Gasteiger charge is -2.14. The number of carbonyl (C=O) groups excluding carboxylic acids is 1. The van der Waals surface area contributed by atoms with Gasteiger partial charge in [0.15, 0.2) is 0 Å². The molecule has 0 saturated heterocycles. The first-order valence-electron chi connectivity index (χ1n) is 6.47. The van der Waals surface area contributed by atoms with E-state index in [9.17, 15) is 4.79 Å². The van der Waals surface area contributed by atoms with Gasteiger partial charge in [-0.05, 0) is 43.7 Å². The zero-order valence-electron chi connectivity index (χ0n) is 10.4. The molecule has 3 nitrogen and oxygen atoms in total. The average molecular weight is 233 g/mol. The van der Waals surface area contributed by atoms with Gasteiger partial charge in [-0.2, -0.15) is 0 Å². The summed E-state index contributed by atoms with van der Waals surface area (Å²) < 4.78 is 5.16. The van der Waals surface area contributed by atoms with Crippen molar-refractivity contribution in [1.29, 1.82) is 0 Å². The Morgan fingerprint density at radius 2 is 2.18 bits per heavy atom. The molecule has 92 valence electrons. The van der Waals surface area contributed by atoms with Crippen molar-refractivity contribution >= 4 is 5.97 Å². The summed E-state index contributed by atoms with van der Waals surface area (Å²) in [5.41, 5.74) is 2.84. The molecule has 3 heteroatoms. The van der Waals surface area contributed by atoms with Crippen molar-refractivity contribution in [3.8, 4) is 0 Å². The summed E-state index contributed by atoms with van der Waals surface area (Å²) in [5, 5.41) is 0.